The highest BCUT2D eigenvalue weighted by Gasteiger charge is 2.19. The Morgan fingerprint density at radius 1 is 0.969 bits per heavy atom. The maximum atomic E-state index is 13.0. The minimum Gasteiger partial charge on any atom is -0.382 e. The number of nitrogens with one attached hydrogen (secondary N) is 2. The Bertz CT molecular complexity index is 687. The number of rotatable bonds is 15. The van der Waals surface area contributed by atoms with Gasteiger partial charge in [-0.05, 0) is 57.2 Å². The van der Waals surface area contributed by atoms with Crippen molar-refractivity contribution < 1.29 is 14.3 Å². The first-order chi connectivity index (χ1) is 15.7. The topological polar surface area (TPSA) is 70.7 Å². The summed E-state index contributed by atoms with van der Waals surface area (Å²) in [6.45, 7) is 8.02. The average Bonchev–Trinajstić information content (AvgIpc) is 2.81. The SMILES string of the molecule is CCCCCCCCC(=O)Nc1ccc(N2CCCCC2)c(C(=O)NCCCOCC)c1. The fourth-order valence-electron chi connectivity index (χ4n) is 4.11. The second kappa shape index (κ2) is 15.7. The third kappa shape index (κ3) is 9.60. The molecule has 180 valence electrons. The van der Waals surface area contributed by atoms with Gasteiger partial charge in [-0.25, -0.2) is 0 Å². The highest BCUT2D eigenvalue weighted by Crippen LogP contribution is 2.27. The molecule has 6 nitrogen and oxygen atoms in total. The van der Waals surface area contributed by atoms with Gasteiger partial charge in [0.15, 0.2) is 0 Å². The molecule has 0 radical (unpaired) electrons. The van der Waals surface area contributed by atoms with Crippen LogP contribution >= 0.6 is 0 Å². The molecule has 0 spiro atoms. The number of piperidine rings is 1. The van der Waals surface area contributed by atoms with E-state index in [1.165, 1.54) is 32.1 Å². The van der Waals surface area contributed by atoms with Crippen molar-refractivity contribution in [1.82, 2.24) is 5.32 Å². The number of hydrogen-bond donors (Lipinski definition) is 2. The Hall–Kier alpha value is -2.08. The average molecular weight is 446 g/mol. The van der Waals surface area contributed by atoms with Crippen LogP contribution in [0, 0.1) is 0 Å². The number of carbonyl (C=O) groups is 2. The number of nitrogens with zero attached hydrogens (tertiary/aromatic N) is 1. The highest BCUT2D eigenvalue weighted by molar-refractivity contribution is 6.02. The first-order valence-corrected chi connectivity index (χ1v) is 12.7. The Kier molecular flexibility index (Phi) is 12.8. The molecule has 6 heteroatoms. The van der Waals surface area contributed by atoms with Crippen LogP contribution in [0.1, 0.15) is 94.8 Å². The van der Waals surface area contributed by atoms with Crippen molar-refractivity contribution in [2.45, 2.75) is 84.5 Å². The van der Waals surface area contributed by atoms with Crippen LogP contribution in [0.2, 0.25) is 0 Å². The molecule has 32 heavy (non-hydrogen) atoms. The van der Waals surface area contributed by atoms with Crippen molar-refractivity contribution in [2.24, 2.45) is 0 Å². The van der Waals surface area contributed by atoms with Crippen LogP contribution in [0.15, 0.2) is 18.2 Å². The maximum absolute atomic E-state index is 13.0. The largest absolute Gasteiger partial charge is 0.382 e. The zero-order chi connectivity index (χ0) is 23.0. The van der Waals surface area contributed by atoms with Crippen LogP contribution in [0.25, 0.3) is 0 Å². The summed E-state index contributed by atoms with van der Waals surface area (Å²) in [4.78, 5) is 27.7. The van der Waals surface area contributed by atoms with Crippen molar-refractivity contribution in [3.8, 4) is 0 Å². The number of ether oxygens (including phenoxy) is 1. The summed E-state index contributed by atoms with van der Waals surface area (Å²) in [6, 6.07) is 5.75. The van der Waals surface area contributed by atoms with E-state index in [0.717, 1.165) is 50.9 Å². The lowest BCUT2D eigenvalue weighted by molar-refractivity contribution is -0.116. The summed E-state index contributed by atoms with van der Waals surface area (Å²) in [7, 11) is 0. The maximum Gasteiger partial charge on any atom is 0.253 e. The molecule has 2 rings (SSSR count). The Morgan fingerprint density at radius 3 is 2.47 bits per heavy atom. The molecular weight excluding hydrogens is 402 g/mol. The normalized spacial score (nSPS) is 13.8. The first kappa shape index (κ1) is 26.2. The standard InChI is InChI=1S/C26H43N3O3/c1-3-5-6-7-8-10-14-25(30)28-22-15-16-24(29-18-11-9-12-19-29)23(21-22)26(31)27-17-13-20-32-4-2/h15-16,21H,3-14,17-20H2,1-2H3,(H,27,31)(H,28,30). The van der Waals surface area contributed by atoms with Gasteiger partial charge in [0.2, 0.25) is 5.91 Å². The van der Waals surface area contributed by atoms with Crippen LogP contribution in [-0.2, 0) is 9.53 Å². The van der Waals surface area contributed by atoms with Crippen LogP contribution in [0.5, 0.6) is 0 Å². The lowest BCUT2D eigenvalue weighted by atomic mass is 10.1. The number of amides is 2. The van der Waals surface area contributed by atoms with Gasteiger partial charge in [-0.1, -0.05) is 39.0 Å². The highest BCUT2D eigenvalue weighted by atomic mass is 16.5. The molecule has 1 fully saturated rings. The monoisotopic (exact) mass is 445 g/mol. The van der Waals surface area contributed by atoms with E-state index >= 15 is 0 Å². The molecule has 1 aliphatic heterocycles. The second-order valence-electron chi connectivity index (χ2n) is 8.65. The van der Waals surface area contributed by atoms with Crippen LogP contribution < -0.4 is 15.5 Å². The zero-order valence-corrected chi connectivity index (χ0v) is 20.2. The lowest BCUT2D eigenvalue weighted by Gasteiger charge is -2.30. The quantitative estimate of drug-likeness (QED) is 0.349. The number of hydrogen-bond acceptors (Lipinski definition) is 4. The summed E-state index contributed by atoms with van der Waals surface area (Å²) < 4.78 is 5.36. The van der Waals surface area contributed by atoms with Gasteiger partial charge >= 0.3 is 0 Å². The molecule has 0 aromatic heterocycles. The molecule has 1 aliphatic rings. The molecule has 1 aromatic carbocycles. The van der Waals surface area contributed by atoms with Crippen molar-refractivity contribution in [3.05, 3.63) is 23.8 Å². The van der Waals surface area contributed by atoms with Crippen LogP contribution in [0.3, 0.4) is 0 Å². The Balaban J connectivity index is 1.97. The van der Waals surface area contributed by atoms with Crippen molar-refractivity contribution in [2.75, 3.05) is 43.1 Å². The van der Waals surface area contributed by atoms with Gasteiger partial charge in [0.25, 0.3) is 5.91 Å². The molecule has 0 saturated carbocycles. The molecule has 0 unspecified atom stereocenters. The number of benzene rings is 1. The van der Waals surface area contributed by atoms with Crippen LogP contribution in [0.4, 0.5) is 11.4 Å². The fourth-order valence-corrected chi connectivity index (χ4v) is 4.11. The molecule has 0 aliphatic carbocycles. The van der Waals surface area contributed by atoms with Gasteiger partial charge in [-0.2, -0.15) is 0 Å². The molecule has 2 amide bonds. The van der Waals surface area contributed by atoms with Gasteiger partial charge in [0, 0.05) is 50.6 Å². The van der Waals surface area contributed by atoms with Crippen molar-refractivity contribution >= 4 is 23.2 Å². The molecule has 0 atom stereocenters. The predicted molar refractivity (Wildman–Crippen MR) is 133 cm³/mol. The van der Waals surface area contributed by atoms with Gasteiger partial charge in [0.05, 0.1) is 5.56 Å². The Labute approximate surface area is 194 Å². The number of unbranched alkanes of at least 4 members (excludes halogenated alkanes) is 5. The molecular formula is C26H43N3O3. The van der Waals surface area contributed by atoms with Crippen molar-refractivity contribution in [1.29, 1.82) is 0 Å². The molecule has 1 heterocycles. The summed E-state index contributed by atoms with van der Waals surface area (Å²) >= 11 is 0. The van der Waals surface area contributed by atoms with E-state index in [4.69, 9.17) is 4.74 Å². The number of carbonyl (C=O) groups excluding carboxylic acids is 2. The van der Waals surface area contributed by atoms with E-state index in [2.05, 4.69) is 22.5 Å². The minimum atomic E-state index is -0.0888. The van der Waals surface area contributed by atoms with E-state index in [0.29, 0.717) is 37.4 Å². The van der Waals surface area contributed by atoms with E-state index in [1.54, 1.807) is 0 Å². The molecule has 0 bridgehead atoms. The van der Waals surface area contributed by atoms with Gasteiger partial charge < -0.3 is 20.3 Å². The molecule has 1 aromatic rings. The zero-order valence-electron chi connectivity index (χ0n) is 20.2. The molecule has 2 N–H and O–H groups in total. The third-order valence-corrected chi connectivity index (χ3v) is 5.93. The minimum absolute atomic E-state index is 0.0225. The third-order valence-electron chi connectivity index (χ3n) is 5.93. The smallest absolute Gasteiger partial charge is 0.253 e. The van der Waals surface area contributed by atoms with Gasteiger partial charge in [0.1, 0.15) is 0 Å². The van der Waals surface area contributed by atoms with Crippen molar-refractivity contribution in [3.63, 3.8) is 0 Å². The predicted octanol–water partition coefficient (Wildman–Crippen LogP) is 5.52. The van der Waals surface area contributed by atoms with E-state index in [-0.39, 0.29) is 11.8 Å². The summed E-state index contributed by atoms with van der Waals surface area (Å²) in [5, 5.41) is 6.01. The lowest BCUT2D eigenvalue weighted by Crippen LogP contribution is -2.33. The van der Waals surface area contributed by atoms with E-state index in [9.17, 15) is 9.59 Å². The second-order valence-corrected chi connectivity index (χ2v) is 8.65. The van der Waals surface area contributed by atoms with E-state index < -0.39 is 0 Å². The summed E-state index contributed by atoms with van der Waals surface area (Å²) in [5.74, 6) is -0.0663. The molecule has 1 saturated heterocycles. The fraction of sp³-hybridized carbons (Fsp3) is 0.692. The van der Waals surface area contributed by atoms with Crippen LogP contribution in [-0.4, -0.2) is 44.7 Å². The first-order valence-electron chi connectivity index (χ1n) is 12.7. The Morgan fingerprint density at radius 2 is 1.72 bits per heavy atom. The van der Waals surface area contributed by atoms with E-state index in [1.807, 2.05) is 25.1 Å². The van der Waals surface area contributed by atoms with Gasteiger partial charge in [-0.15, -0.1) is 0 Å². The van der Waals surface area contributed by atoms with Gasteiger partial charge in [-0.3, -0.25) is 9.59 Å². The number of anilines is 2. The summed E-state index contributed by atoms with van der Waals surface area (Å²) in [5.41, 5.74) is 2.29. The summed E-state index contributed by atoms with van der Waals surface area (Å²) in [6.07, 6.45) is 11.8.